The number of likely N-dealkylation sites (N-methyl/N-ethyl adjacent to an activating group) is 2. The van der Waals surface area contributed by atoms with E-state index in [1.54, 1.807) is 0 Å². The van der Waals surface area contributed by atoms with Crippen molar-refractivity contribution in [1.82, 2.24) is 53.2 Å². The summed E-state index contributed by atoms with van der Waals surface area (Å²) in [5.41, 5.74) is 5.65. The van der Waals surface area contributed by atoms with Crippen LogP contribution < -0.4 is 58.9 Å². The number of amides is 8. The molecule has 0 aromatic heterocycles. The van der Waals surface area contributed by atoms with E-state index in [-0.39, 0.29) is 92.1 Å². The fraction of sp³-hybridized carbons (Fsp3) is 0.750. The number of hydrogen-bond donors (Lipinski definition) is 11. The van der Waals surface area contributed by atoms with Crippen molar-refractivity contribution in [3.05, 3.63) is 0 Å². The molecule has 12 N–H and O–H groups in total. The summed E-state index contributed by atoms with van der Waals surface area (Å²) in [6.45, 7) is 2.71. The zero-order chi connectivity index (χ0) is 32.7. The second kappa shape index (κ2) is 32.8. The fourth-order valence-electron chi connectivity index (χ4n) is 3.56. The fourth-order valence-corrected chi connectivity index (χ4v) is 3.56. The largest absolute Gasteiger partial charge is 0.352 e. The van der Waals surface area contributed by atoms with Crippen molar-refractivity contribution < 1.29 is 38.4 Å². The van der Waals surface area contributed by atoms with Crippen LogP contribution in [-0.4, -0.2) is 130 Å². The Morgan fingerprint density at radius 2 is 0.745 bits per heavy atom. The van der Waals surface area contributed by atoms with Gasteiger partial charge in [-0.25, -0.2) is 0 Å². The van der Waals surface area contributed by atoms with Crippen LogP contribution in [0.4, 0.5) is 0 Å². The van der Waals surface area contributed by atoms with Crippen LogP contribution in [0.1, 0.15) is 80.2 Å². The molecule has 0 saturated carbocycles. The average Bonchev–Trinajstić information content (AvgIpc) is 2.94. The lowest BCUT2D eigenvalue weighted by atomic mass is 10.1. The van der Waals surface area contributed by atoms with E-state index in [1.807, 2.05) is 0 Å². The molecule has 1 aliphatic rings. The zero-order valence-electron chi connectivity index (χ0n) is 24.8. The highest BCUT2D eigenvalue weighted by Gasteiger charge is 2.32. The first-order valence-corrected chi connectivity index (χ1v) is 13.6. The van der Waals surface area contributed by atoms with Crippen molar-refractivity contribution in [2.75, 3.05) is 46.8 Å². The normalized spacial score (nSPS) is 22.2. The van der Waals surface area contributed by atoms with Gasteiger partial charge in [-0.1, -0.05) is 59.4 Å². The van der Waals surface area contributed by atoms with Gasteiger partial charge < -0.3 is 58.9 Å². The Morgan fingerprint density at radius 3 is 1.00 bits per heavy atom. The van der Waals surface area contributed by atoms with Crippen LogP contribution in [0.2, 0.25) is 0 Å². The number of carbonyl (C=O) groups is 8. The predicted molar refractivity (Wildman–Crippen MR) is 205 cm³/mol. The lowest BCUT2D eigenvalue weighted by Gasteiger charge is -2.27. The highest BCUT2D eigenvalue weighted by Crippen LogP contribution is 1.97. The van der Waals surface area contributed by atoms with E-state index in [1.165, 1.54) is 34.9 Å². The summed E-state index contributed by atoms with van der Waals surface area (Å²) in [7, 11) is 3.07. The van der Waals surface area contributed by atoms with Crippen LogP contribution in [0.25, 0.3) is 0 Å². The van der Waals surface area contributed by atoms with E-state index in [9.17, 15) is 38.4 Å². The van der Waals surface area contributed by atoms with Crippen molar-refractivity contribution >= 4 is 47.3 Å². The summed E-state index contributed by atoms with van der Waals surface area (Å²) >= 11 is 0. The van der Waals surface area contributed by atoms with Gasteiger partial charge >= 0.3 is 0 Å². The van der Waals surface area contributed by atoms with Crippen LogP contribution >= 0.6 is 0 Å². The monoisotopic (exact) mass is 742 g/mol. The molecule has 306 valence electrons. The Kier molecular flexibility index (Phi) is 41.9. The Morgan fingerprint density at radius 1 is 0.490 bits per heavy atom. The summed E-state index contributed by atoms with van der Waals surface area (Å²) < 4.78 is 0. The predicted octanol–water partition coefficient (Wildman–Crippen LogP) is -2.31. The second-order valence-corrected chi connectivity index (χ2v) is 9.78. The lowest BCUT2D eigenvalue weighted by molar-refractivity contribution is -0.136. The first-order valence-electron chi connectivity index (χ1n) is 13.6. The topological polar surface area (TPSA) is 283 Å². The summed E-state index contributed by atoms with van der Waals surface area (Å²) in [5, 5.41) is 24.6. The van der Waals surface area contributed by atoms with Crippen molar-refractivity contribution in [3.8, 4) is 0 Å². The van der Waals surface area contributed by atoms with Crippen LogP contribution in [-0.2, 0) is 38.4 Å². The molecule has 0 bridgehead atoms. The van der Waals surface area contributed by atoms with Gasteiger partial charge in [-0.3, -0.25) is 38.4 Å². The minimum atomic E-state index is -1.38. The molecule has 51 heavy (non-hydrogen) atoms. The van der Waals surface area contributed by atoms with Crippen molar-refractivity contribution in [2.24, 2.45) is 5.73 Å². The number of nitrogens with one attached hydrogen (secondary N) is 10. The summed E-state index contributed by atoms with van der Waals surface area (Å²) in [4.78, 5) is 101. The number of rotatable bonds is 9. The van der Waals surface area contributed by atoms with Gasteiger partial charge in [-0.15, -0.1) is 0 Å². The van der Waals surface area contributed by atoms with Gasteiger partial charge in [0.2, 0.25) is 47.3 Å². The van der Waals surface area contributed by atoms with Crippen LogP contribution in [0.3, 0.4) is 0 Å². The maximum Gasteiger partial charge on any atom is 0.245 e. The van der Waals surface area contributed by atoms with E-state index in [0.29, 0.717) is 0 Å². The lowest BCUT2D eigenvalue weighted by Crippen LogP contribution is -2.63. The Labute approximate surface area is 307 Å². The highest BCUT2D eigenvalue weighted by atomic mass is 16.2. The summed E-state index contributed by atoms with van der Waals surface area (Å²) in [5.74, 6) is -5.92. The summed E-state index contributed by atoms with van der Waals surface area (Å²) in [6.07, 6.45) is 0. The molecule has 0 spiro atoms. The minimum Gasteiger partial charge on any atom is -0.352 e. The van der Waals surface area contributed by atoms with E-state index in [4.69, 9.17) is 5.73 Å². The third kappa shape index (κ3) is 22.9. The Bertz CT molecular complexity index is 1040. The Balaban J connectivity index is -0.000000385. The summed E-state index contributed by atoms with van der Waals surface area (Å²) in [6, 6.07) is -7.74. The smallest absolute Gasteiger partial charge is 0.245 e. The van der Waals surface area contributed by atoms with Crippen molar-refractivity contribution in [2.45, 2.75) is 116 Å². The maximum absolute atomic E-state index is 13.1. The molecule has 6 atom stereocenters. The Hall–Kier alpha value is -4.36. The van der Waals surface area contributed by atoms with Gasteiger partial charge in [0.1, 0.15) is 36.3 Å². The van der Waals surface area contributed by atoms with Gasteiger partial charge in [0.15, 0.2) is 0 Å². The molecule has 19 heteroatoms. The zero-order valence-corrected chi connectivity index (χ0v) is 24.8. The number of carbonyl (C=O) groups excluding carboxylic acids is 8. The van der Waals surface area contributed by atoms with E-state index >= 15 is 0 Å². The molecule has 1 aliphatic heterocycles. The molecule has 1 rings (SSSR count). The molecule has 0 aromatic carbocycles. The van der Waals surface area contributed by atoms with Gasteiger partial charge in [0, 0.05) is 19.6 Å². The third-order valence-electron chi connectivity index (χ3n) is 6.07. The van der Waals surface area contributed by atoms with Crippen molar-refractivity contribution in [1.29, 1.82) is 0 Å². The van der Waals surface area contributed by atoms with Crippen LogP contribution in [0, 0.1) is 0 Å². The SMILES string of the molecule is C.C.C.C.C.C.C.C.CNCC(=O)NC[C@@H]1NC(=O)[C@@H](C)NC(=O)[C@H](CN)NC(=O)[C@@H](C)NC(=O)[C@H](CNC(=O)CNC)NC(=O)[C@@H](C)NC1=O. The average molecular weight is 742 g/mol. The highest BCUT2D eigenvalue weighted by molar-refractivity contribution is 5.98. The number of nitrogens with two attached hydrogens (primary N) is 1. The molecule has 8 amide bonds. The molecule has 1 saturated heterocycles. The standard InChI is InChI=1S/C24H43N11O8.8CH4/c1-11-19(38)33-14(6-25)22(41)30-12(2)20(39)34-16(8-29-18(37)10-27-5)24(43)32-13(3)21(40)35-15(23(42)31-11)7-28-17(36)9-26-4;;;;;;;;/h11-16,26-27H,6-10,25H2,1-5H3,(H,28,36)(H,29,37)(H,30,41)(H,31,42)(H,32,43)(H,33,38)(H,34,39)(H,35,40);8*1H4/t11-,12-,13-,14+,15+,16+;;;;;;;;/m1......../s1. The molecule has 1 heterocycles. The quantitative estimate of drug-likeness (QED) is 0.119. The molecule has 0 unspecified atom stereocenters. The van der Waals surface area contributed by atoms with Gasteiger partial charge in [0.05, 0.1) is 13.1 Å². The van der Waals surface area contributed by atoms with E-state index in [0.717, 1.165) is 0 Å². The first kappa shape index (κ1) is 65.1. The minimum absolute atomic E-state index is 0. The molecular formula is C32H75N11O8. The molecule has 0 radical (unpaired) electrons. The van der Waals surface area contributed by atoms with Crippen LogP contribution in [0.5, 0.6) is 0 Å². The maximum atomic E-state index is 13.1. The molecule has 19 nitrogen and oxygen atoms in total. The molecule has 0 aromatic rings. The van der Waals surface area contributed by atoms with Crippen LogP contribution in [0.15, 0.2) is 0 Å². The first-order chi connectivity index (χ1) is 20.2. The van der Waals surface area contributed by atoms with Crippen molar-refractivity contribution in [3.63, 3.8) is 0 Å². The molecular weight excluding hydrogens is 666 g/mol. The molecule has 0 aliphatic carbocycles. The third-order valence-corrected chi connectivity index (χ3v) is 6.07. The number of hydrogen-bond acceptors (Lipinski definition) is 11. The van der Waals surface area contributed by atoms with E-state index in [2.05, 4.69) is 53.2 Å². The molecule has 1 fully saturated rings. The van der Waals surface area contributed by atoms with Gasteiger partial charge in [-0.05, 0) is 34.9 Å². The van der Waals surface area contributed by atoms with E-state index < -0.39 is 83.5 Å². The van der Waals surface area contributed by atoms with Gasteiger partial charge in [-0.2, -0.15) is 0 Å². The van der Waals surface area contributed by atoms with Gasteiger partial charge in [0.25, 0.3) is 0 Å². The second-order valence-electron chi connectivity index (χ2n) is 9.78.